The van der Waals surface area contributed by atoms with Crippen LogP contribution in [0.2, 0.25) is 0 Å². The van der Waals surface area contributed by atoms with Crippen molar-refractivity contribution in [3.63, 3.8) is 0 Å². The molecular formula is C13H20N4O2. The Morgan fingerprint density at radius 2 is 2.16 bits per heavy atom. The molecule has 0 bridgehead atoms. The molecule has 0 saturated carbocycles. The zero-order valence-corrected chi connectivity index (χ0v) is 11.3. The number of amides is 1. The molecule has 0 atom stereocenters. The molecular weight excluding hydrogens is 244 g/mol. The lowest BCUT2D eigenvalue weighted by Gasteiger charge is -2.28. The van der Waals surface area contributed by atoms with Crippen molar-refractivity contribution in [3.8, 4) is 0 Å². The highest BCUT2D eigenvalue weighted by atomic mass is 16.4. The van der Waals surface area contributed by atoms with Gasteiger partial charge in [-0.3, -0.25) is 9.78 Å². The van der Waals surface area contributed by atoms with Crippen LogP contribution in [0.3, 0.4) is 0 Å². The minimum atomic E-state index is -0.969. The van der Waals surface area contributed by atoms with E-state index in [2.05, 4.69) is 15.5 Å². The van der Waals surface area contributed by atoms with Crippen LogP contribution in [0.25, 0.3) is 0 Å². The predicted octanol–water partition coefficient (Wildman–Crippen LogP) is 1.25. The number of pyridine rings is 1. The Morgan fingerprint density at radius 3 is 2.63 bits per heavy atom. The van der Waals surface area contributed by atoms with E-state index in [1.54, 1.807) is 6.20 Å². The number of nitrogens with zero attached hydrogens (tertiary/aromatic N) is 2. The van der Waals surface area contributed by atoms with Crippen LogP contribution in [0.5, 0.6) is 0 Å². The summed E-state index contributed by atoms with van der Waals surface area (Å²) in [6, 6.07) is 5.48. The van der Waals surface area contributed by atoms with E-state index in [0.29, 0.717) is 19.4 Å². The summed E-state index contributed by atoms with van der Waals surface area (Å²) in [5.41, 5.74) is 5.46. The smallest absolute Gasteiger partial charge is 0.234 e. The van der Waals surface area contributed by atoms with Crippen LogP contribution < -0.4 is 11.1 Å². The molecule has 6 heteroatoms. The first-order chi connectivity index (χ1) is 9.10. The number of nitrogens with one attached hydrogen (secondary N) is 1. The SMILES string of the molecule is CCC(CC)(C(=O)NCc1ccccn1)C(N)=NO. The fraction of sp³-hybridized carbons (Fsp3) is 0.462. The lowest BCUT2D eigenvalue weighted by atomic mass is 9.80. The van der Waals surface area contributed by atoms with Gasteiger partial charge in [-0.25, -0.2) is 0 Å². The average molecular weight is 264 g/mol. The normalized spacial score (nSPS) is 12.2. The Bertz CT molecular complexity index is 441. The highest BCUT2D eigenvalue weighted by Gasteiger charge is 2.39. The molecule has 1 rings (SSSR count). The maximum atomic E-state index is 12.3. The van der Waals surface area contributed by atoms with Crippen LogP contribution in [-0.4, -0.2) is 21.9 Å². The summed E-state index contributed by atoms with van der Waals surface area (Å²) in [6.45, 7) is 3.99. The van der Waals surface area contributed by atoms with Crippen LogP contribution in [0, 0.1) is 5.41 Å². The lowest BCUT2D eigenvalue weighted by molar-refractivity contribution is -0.128. The number of amidine groups is 1. The number of nitrogens with two attached hydrogens (primary N) is 1. The van der Waals surface area contributed by atoms with Crippen molar-refractivity contribution in [2.24, 2.45) is 16.3 Å². The second-order valence-electron chi connectivity index (χ2n) is 4.28. The molecule has 0 fully saturated rings. The van der Waals surface area contributed by atoms with Gasteiger partial charge < -0.3 is 16.3 Å². The van der Waals surface area contributed by atoms with Gasteiger partial charge in [-0.05, 0) is 25.0 Å². The molecule has 0 saturated heterocycles. The topological polar surface area (TPSA) is 101 Å². The summed E-state index contributed by atoms with van der Waals surface area (Å²) in [6.07, 6.45) is 2.60. The zero-order valence-electron chi connectivity index (χ0n) is 11.3. The first-order valence-electron chi connectivity index (χ1n) is 6.27. The van der Waals surface area contributed by atoms with E-state index in [4.69, 9.17) is 10.9 Å². The maximum Gasteiger partial charge on any atom is 0.234 e. The van der Waals surface area contributed by atoms with E-state index in [9.17, 15) is 4.79 Å². The van der Waals surface area contributed by atoms with Crippen LogP contribution in [0.4, 0.5) is 0 Å². The molecule has 4 N–H and O–H groups in total. The Balaban J connectivity index is 2.79. The van der Waals surface area contributed by atoms with Crippen LogP contribution in [0.1, 0.15) is 32.4 Å². The second kappa shape index (κ2) is 6.72. The van der Waals surface area contributed by atoms with Gasteiger partial charge in [-0.2, -0.15) is 0 Å². The fourth-order valence-electron chi connectivity index (χ4n) is 1.99. The second-order valence-corrected chi connectivity index (χ2v) is 4.28. The summed E-state index contributed by atoms with van der Waals surface area (Å²) < 4.78 is 0. The van der Waals surface area contributed by atoms with Crippen molar-refractivity contribution < 1.29 is 10.0 Å². The lowest BCUT2D eigenvalue weighted by Crippen LogP contribution is -2.49. The molecule has 0 aliphatic carbocycles. The number of hydrogen-bond donors (Lipinski definition) is 3. The van der Waals surface area contributed by atoms with E-state index in [1.165, 1.54) is 0 Å². The Kier molecular flexibility index (Phi) is 5.29. The largest absolute Gasteiger partial charge is 0.409 e. The van der Waals surface area contributed by atoms with Crippen LogP contribution in [0.15, 0.2) is 29.6 Å². The van der Waals surface area contributed by atoms with Crippen molar-refractivity contribution in [1.29, 1.82) is 0 Å². The summed E-state index contributed by atoms with van der Waals surface area (Å²) in [5.74, 6) is -0.311. The highest BCUT2D eigenvalue weighted by Crippen LogP contribution is 2.27. The van der Waals surface area contributed by atoms with Gasteiger partial charge in [0.2, 0.25) is 5.91 Å². The molecule has 0 aliphatic rings. The third kappa shape index (κ3) is 3.21. The van der Waals surface area contributed by atoms with E-state index >= 15 is 0 Å². The van der Waals surface area contributed by atoms with E-state index in [-0.39, 0.29) is 11.7 Å². The van der Waals surface area contributed by atoms with Gasteiger partial charge in [-0.15, -0.1) is 0 Å². The fourth-order valence-corrected chi connectivity index (χ4v) is 1.99. The Labute approximate surface area is 112 Å². The Morgan fingerprint density at radius 1 is 1.47 bits per heavy atom. The van der Waals surface area contributed by atoms with Crippen LogP contribution >= 0.6 is 0 Å². The first-order valence-corrected chi connectivity index (χ1v) is 6.27. The molecule has 0 spiro atoms. The number of rotatable bonds is 6. The van der Waals surface area contributed by atoms with Gasteiger partial charge in [0.15, 0.2) is 5.84 Å². The van der Waals surface area contributed by atoms with Crippen molar-refractivity contribution >= 4 is 11.7 Å². The van der Waals surface area contributed by atoms with Crippen molar-refractivity contribution in [2.45, 2.75) is 33.2 Å². The molecule has 1 aromatic rings. The van der Waals surface area contributed by atoms with Gasteiger partial charge in [0.1, 0.15) is 5.41 Å². The van der Waals surface area contributed by atoms with Crippen LogP contribution in [-0.2, 0) is 11.3 Å². The molecule has 19 heavy (non-hydrogen) atoms. The monoisotopic (exact) mass is 264 g/mol. The number of carbonyl (C=O) groups excluding carboxylic acids is 1. The summed E-state index contributed by atoms with van der Waals surface area (Å²) in [7, 11) is 0. The maximum absolute atomic E-state index is 12.3. The standard InChI is InChI=1S/C13H20N4O2/c1-3-13(4-2,11(14)17-19)12(18)16-9-10-7-5-6-8-15-10/h5-8,19H,3-4,9H2,1-2H3,(H2,14,17)(H,16,18). The van der Waals surface area contributed by atoms with Gasteiger partial charge in [0.05, 0.1) is 12.2 Å². The zero-order chi connectivity index (χ0) is 14.3. The number of hydrogen-bond acceptors (Lipinski definition) is 4. The summed E-state index contributed by atoms with van der Waals surface area (Å²) in [4.78, 5) is 16.4. The minimum Gasteiger partial charge on any atom is -0.409 e. The number of aromatic nitrogens is 1. The molecule has 0 aliphatic heterocycles. The van der Waals surface area contributed by atoms with Gasteiger partial charge >= 0.3 is 0 Å². The minimum absolute atomic E-state index is 0.0592. The molecule has 6 nitrogen and oxygen atoms in total. The number of oxime groups is 1. The predicted molar refractivity (Wildman–Crippen MR) is 72.5 cm³/mol. The average Bonchev–Trinajstić information content (AvgIpc) is 2.47. The van der Waals surface area contributed by atoms with Gasteiger partial charge in [0.25, 0.3) is 0 Å². The highest BCUT2D eigenvalue weighted by molar-refractivity contribution is 6.06. The molecule has 0 unspecified atom stereocenters. The van der Waals surface area contributed by atoms with Gasteiger partial charge in [-0.1, -0.05) is 25.1 Å². The number of carbonyl (C=O) groups is 1. The summed E-state index contributed by atoms with van der Waals surface area (Å²) >= 11 is 0. The molecule has 1 heterocycles. The quantitative estimate of drug-likeness (QED) is 0.311. The molecule has 1 amide bonds. The third-order valence-electron chi connectivity index (χ3n) is 3.40. The third-order valence-corrected chi connectivity index (χ3v) is 3.40. The van der Waals surface area contributed by atoms with E-state index in [0.717, 1.165) is 5.69 Å². The van der Waals surface area contributed by atoms with E-state index < -0.39 is 5.41 Å². The molecule has 104 valence electrons. The molecule has 1 aromatic heterocycles. The molecule has 0 aromatic carbocycles. The van der Waals surface area contributed by atoms with Gasteiger partial charge in [0, 0.05) is 6.20 Å². The van der Waals surface area contributed by atoms with Crippen molar-refractivity contribution in [3.05, 3.63) is 30.1 Å². The van der Waals surface area contributed by atoms with E-state index in [1.807, 2.05) is 32.0 Å². The van der Waals surface area contributed by atoms with Crippen molar-refractivity contribution in [1.82, 2.24) is 10.3 Å². The molecule has 0 radical (unpaired) electrons. The first kappa shape index (κ1) is 14.9. The summed E-state index contributed by atoms with van der Waals surface area (Å²) in [5, 5.41) is 14.6. The Hall–Kier alpha value is -2.11. The van der Waals surface area contributed by atoms with Crippen molar-refractivity contribution in [2.75, 3.05) is 0 Å².